The van der Waals surface area contributed by atoms with Crippen LogP contribution in [0.25, 0.3) is 0 Å². The van der Waals surface area contributed by atoms with Gasteiger partial charge in [0.15, 0.2) is 0 Å². The van der Waals surface area contributed by atoms with Gasteiger partial charge in [0.1, 0.15) is 0 Å². The molecule has 0 radical (unpaired) electrons. The van der Waals surface area contributed by atoms with Crippen molar-refractivity contribution in [3.63, 3.8) is 0 Å². The summed E-state index contributed by atoms with van der Waals surface area (Å²) in [5, 5.41) is 11.1. The van der Waals surface area contributed by atoms with Crippen molar-refractivity contribution in [2.45, 2.75) is 39.2 Å². The molecule has 84 valence electrons. The standard InChI is InChI=1S/C9H21N3O2/c1-3-8(4-2)11-12-9(14)10-6-5-7-13/h8,11,13H,3-7H2,1-2H3,(H2,10,12,14). The van der Waals surface area contributed by atoms with Gasteiger partial charge in [-0.15, -0.1) is 0 Å². The van der Waals surface area contributed by atoms with Crippen molar-refractivity contribution < 1.29 is 9.90 Å². The molecule has 0 aromatic heterocycles. The molecule has 5 nitrogen and oxygen atoms in total. The minimum atomic E-state index is -0.245. The fourth-order valence-corrected chi connectivity index (χ4v) is 0.986. The highest BCUT2D eigenvalue weighted by molar-refractivity contribution is 5.73. The van der Waals surface area contributed by atoms with Gasteiger partial charge in [-0.2, -0.15) is 0 Å². The van der Waals surface area contributed by atoms with Gasteiger partial charge in [-0.1, -0.05) is 13.8 Å². The number of aliphatic hydroxyl groups excluding tert-OH is 1. The Morgan fingerprint density at radius 3 is 2.50 bits per heavy atom. The zero-order valence-electron chi connectivity index (χ0n) is 8.97. The summed E-state index contributed by atoms with van der Waals surface area (Å²) in [4.78, 5) is 11.1. The van der Waals surface area contributed by atoms with Crippen molar-refractivity contribution in [2.75, 3.05) is 13.2 Å². The van der Waals surface area contributed by atoms with E-state index < -0.39 is 0 Å². The number of hydrazine groups is 1. The van der Waals surface area contributed by atoms with Crippen molar-refractivity contribution in [3.8, 4) is 0 Å². The number of rotatable bonds is 7. The molecule has 0 aliphatic heterocycles. The average Bonchev–Trinajstić information content (AvgIpc) is 2.20. The van der Waals surface area contributed by atoms with E-state index in [0.29, 0.717) is 19.0 Å². The molecule has 0 aliphatic rings. The second-order valence-electron chi connectivity index (χ2n) is 3.12. The lowest BCUT2D eigenvalue weighted by Crippen LogP contribution is -2.48. The van der Waals surface area contributed by atoms with Gasteiger partial charge in [0, 0.05) is 19.2 Å². The molecule has 4 N–H and O–H groups in total. The Balaban J connectivity index is 3.42. The van der Waals surface area contributed by atoms with Crippen LogP contribution in [0.1, 0.15) is 33.1 Å². The maximum absolute atomic E-state index is 11.1. The number of carbonyl (C=O) groups is 1. The molecular weight excluding hydrogens is 182 g/mol. The van der Waals surface area contributed by atoms with Gasteiger partial charge in [0.2, 0.25) is 0 Å². The quantitative estimate of drug-likeness (QED) is 0.356. The lowest BCUT2D eigenvalue weighted by molar-refractivity contribution is 0.230. The molecule has 0 aliphatic carbocycles. The minimum absolute atomic E-state index is 0.0975. The number of urea groups is 1. The maximum atomic E-state index is 11.1. The topological polar surface area (TPSA) is 73.4 Å². The molecule has 0 atom stereocenters. The summed E-state index contributed by atoms with van der Waals surface area (Å²) in [6.07, 6.45) is 2.54. The van der Waals surface area contributed by atoms with Crippen LogP contribution in [0.3, 0.4) is 0 Å². The van der Waals surface area contributed by atoms with Gasteiger partial charge in [0.05, 0.1) is 0 Å². The van der Waals surface area contributed by atoms with Crippen LogP contribution in [0.15, 0.2) is 0 Å². The van der Waals surface area contributed by atoms with Crippen LogP contribution >= 0.6 is 0 Å². The highest BCUT2D eigenvalue weighted by Crippen LogP contribution is 1.93. The Kier molecular flexibility index (Phi) is 8.27. The molecule has 0 saturated carbocycles. The first-order valence-corrected chi connectivity index (χ1v) is 5.14. The summed E-state index contributed by atoms with van der Waals surface area (Å²) in [5.74, 6) is 0. The van der Waals surface area contributed by atoms with Crippen molar-refractivity contribution in [2.24, 2.45) is 0 Å². The van der Waals surface area contributed by atoms with E-state index in [0.717, 1.165) is 12.8 Å². The molecule has 0 spiro atoms. The second kappa shape index (κ2) is 8.77. The van der Waals surface area contributed by atoms with Crippen molar-refractivity contribution in [1.29, 1.82) is 0 Å². The molecule has 0 saturated heterocycles. The molecule has 0 fully saturated rings. The first-order chi connectivity index (χ1) is 6.74. The van der Waals surface area contributed by atoms with Crippen molar-refractivity contribution in [1.82, 2.24) is 16.2 Å². The van der Waals surface area contributed by atoms with Crippen LogP contribution in [0.4, 0.5) is 4.79 Å². The summed E-state index contributed by atoms with van der Waals surface area (Å²) >= 11 is 0. The van der Waals surface area contributed by atoms with E-state index in [9.17, 15) is 4.79 Å². The summed E-state index contributed by atoms with van der Waals surface area (Å²) < 4.78 is 0. The summed E-state index contributed by atoms with van der Waals surface area (Å²) in [7, 11) is 0. The monoisotopic (exact) mass is 203 g/mol. The van der Waals surface area contributed by atoms with Crippen LogP contribution in [0.2, 0.25) is 0 Å². The summed E-state index contributed by atoms with van der Waals surface area (Å²) in [5.41, 5.74) is 5.48. The van der Waals surface area contributed by atoms with Gasteiger partial charge in [-0.3, -0.25) is 5.43 Å². The molecule has 0 heterocycles. The Labute approximate surface area is 85.2 Å². The highest BCUT2D eigenvalue weighted by atomic mass is 16.3. The number of aliphatic hydroxyl groups is 1. The predicted octanol–water partition coefficient (Wildman–Crippen LogP) is 0.361. The highest BCUT2D eigenvalue weighted by Gasteiger charge is 2.03. The SMILES string of the molecule is CCC(CC)NNC(=O)NCCCO. The van der Waals surface area contributed by atoms with E-state index in [4.69, 9.17) is 5.11 Å². The number of nitrogens with one attached hydrogen (secondary N) is 3. The first-order valence-electron chi connectivity index (χ1n) is 5.14. The molecule has 2 amide bonds. The summed E-state index contributed by atoms with van der Waals surface area (Å²) in [6.45, 7) is 4.71. The molecule has 0 rings (SSSR count). The zero-order chi connectivity index (χ0) is 10.8. The van der Waals surface area contributed by atoms with Crippen LogP contribution in [-0.2, 0) is 0 Å². The molecule has 0 aromatic rings. The van der Waals surface area contributed by atoms with E-state index in [1.54, 1.807) is 0 Å². The third-order valence-electron chi connectivity index (χ3n) is 2.00. The average molecular weight is 203 g/mol. The molecule has 0 aromatic carbocycles. The van der Waals surface area contributed by atoms with Crippen molar-refractivity contribution >= 4 is 6.03 Å². The van der Waals surface area contributed by atoms with E-state index in [1.165, 1.54) is 0 Å². The number of amides is 2. The van der Waals surface area contributed by atoms with Crippen LogP contribution in [0.5, 0.6) is 0 Å². The van der Waals surface area contributed by atoms with Crippen LogP contribution in [-0.4, -0.2) is 30.3 Å². The minimum Gasteiger partial charge on any atom is -0.396 e. The first kappa shape index (κ1) is 13.2. The van der Waals surface area contributed by atoms with Gasteiger partial charge < -0.3 is 10.4 Å². The Bertz CT molecular complexity index is 149. The smallest absolute Gasteiger partial charge is 0.329 e. The van der Waals surface area contributed by atoms with Crippen LogP contribution in [0, 0.1) is 0 Å². The fourth-order valence-electron chi connectivity index (χ4n) is 0.986. The van der Waals surface area contributed by atoms with Crippen LogP contribution < -0.4 is 16.2 Å². The zero-order valence-corrected chi connectivity index (χ0v) is 8.97. The predicted molar refractivity (Wildman–Crippen MR) is 55.7 cm³/mol. The Morgan fingerprint density at radius 1 is 1.36 bits per heavy atom. The summed E-state index contributed by atoms with van der Waals surface area (Å²) in [6, 6.07) is 0.0731. The molecule has 14 heavy (non-hydrogen) atoms. The Hall–Kier alpha value is -0.810. The normalized spacial score (nSPS) is 10.3. The Morgan fingerprint density at radius 2 is 2.00 bits per heavy atom. The largest absolute Gasteiger partial charge is 0.396 e. The molecule has 5 heteroatoms. The van der Waals surface area contributed by atoms with Crippen molar-refractivity contribution in [3.05, 3.63) is 0 Å². The van der Waals surface area contributed by atoms with E-state index >= 15 is 0 Å². The van der Waals surface area contributed by atoms with Gasteiger partial charge in [-0.05, 0) is 19.3 Å². The number of carbonyl (C=O) groups excluding carboxylic acids is 1. The molecular formula is C9H21N3O2. The van der Waals surface area contributed by atoms with Gasteiger partial charge in [0.25, 0.3) is 0 Å². The van der Waals surface area contributed by atoms with E-state index in [2.05, 4.69) is 30.0 Å². The lowest BCUT2D eigenvalue weighted by atomic mass is 10.2. The maximum Gasteiger partial charge on any atom is 0.329 e. The second-order valence-corrected chi connectivity index (χ2v) is 3.12. The van der Waals surface area contributed by atoms with Gasteiger partial charge >= 0.3 is 6.03 Å². The fraction of sp³-hybridized carbons (Fsp3) is 0.889. The van der Waals surface area contributed by atoms with E-state index in [-0.39, 0.29) is 12.6 Å². The third kappa shape index (κ3) is 6.68. The number of hydrogen-bond donors (Lipinski definition) is 4. The third-order valence-corrected chi connectivity index (χ3v) is 2.00. The van der Waals surface area contributed by atoms with Gasteiger partial charge in [-0.25, -0.2) is 10.2 Å². The number of hydrogen-bond acceptors (Lipinski definition) is 3. The molecule has 0 unspecified atom stereocenters. The lowest BCUT2D eigenvalue weighted by Gasteiger charge is -2.15. The van der Waals surface area contributed by atoms with E-state index in [1.807, 2.05) is 0 Å². The molecule has 0 bridgehead atoms.